The molecule has 0 amide bonds. The van der Waals surface area contributed by atoms with Crippen LogP contribution >= 0.6 is 11.3 Å². The summed E-state index contributed by atoms with van der Waals surface area (Å²) < 4.78 is 63.1. The van der Waals surface area contributed by atoms with Crippen LogP contribution < -0.4 is 10.5 Å². The van der Waals surface area contributed by atoms with Gasteiger partial charge in [-0.05, 0) is 43.3 Å². The fourth-order valence-electron chi connectivity index (χ4n) is 3.94. The fourth-order valence-corrected chi connectivity index (χ4v) is 5.84. The van der Waals surface area contributed by atoms with E-state index in [9.17, 15) is 12.8 Å². The third-order valence-electron chi connectivity index (χ3n) is 5.73. The zero-order valence-corrected chi connectivity index (χ0v) is 20.9. The van der Waals surface area contributed by atoms with Gasteiger partial charge in [-0.1, -0.05) is 17.7 Å². The summed E-state index contributed by atoms with van der Waals surface area (Å²) in [6, 6.07) is 12.5. The highest BCUT2D eigenvalue weighted by Crippen LogP contribution is 2.38. The smallest absolute Gasteiger partial charge is 0.268 e. The number of anilines is 1. The Morgan fingerprint density at radius 2 is 1.86 bits per heavy atom. The van der Waals surface area contributed by atoms with Crippen molar-refractivity contribution in [3.8, 4) is 11.5 Å². The fraction of sp³-hybridized carbons (Fsp3) is 0.0769. The first-order valence-electron chi connectivity index (χ1n) is 10.9. The normalized spacial score (nSPS) is 11.5. The number of halogens is 2. The van der Waals surface area contributed by atoms with Crippen LogP contribution in [0.3, 0.4) is 0 Å². The zero-order chi connectivity index (χ0) is 26.3. The lowest BCUT2D eigenvalue weighted by atomic mass is 10.0. The van der Waals surface area contributed by atoms with Gasteiger partial charge < -0.3 is 10.5 Å². The average Bonchev–Trinajstić information content (AvgIpc) is 3.48. The summed E-state index contributed by atoms with van der Waals surface area (Å²) >= 11 is 1.21. The number of fused-ring (bicyclic) bond motifs is 1. The van der Waals surface area contributed by atoms with E-state index in [0.717, 1.165) is 21.7 Å². The van der Waals surface area contributed by atoms with E-state index in [0.29, 0.717) is 21.8 Å². The topological polar surface area (TPSA) is 91.6 Å². The van der Waals surface area contributed by atoms with E-state index in [-0.39, 0.29) is 34.0 Å². The van der Waals surface area contributed by atoms with Crippen LogP contribution in [0.15, 0.2) is 71.1 Å². The maximum Gasteiger partial charge on any atom is 0.268 e. The standard InChI is InChI=1S/C26H18F2N4O3S2/c1-15-3-6-18(7-4-15)37(33,34)32-10-9-19-20(11-16-14-36-26(29)31-16)25(22(28)13-24(19)32)35-17-5-8-21(27)23(12-17)30-2/h3-10,12-14H,11H2,1H3,(H2,29,31). The molecule has 0 unspecified atom stereocenters. The molecule has 5 aromatic rings. The van der Waals surface area contributed by atoms with Gasteiger partial charge in [-0.25, -0.2) is 31.0 Å². The van der Waals surface area contributed by atoms with E-state index >= 15 is 4.39 Å². The largest absolute Gasteiger partial charge is 0.455 e. The Hall–Kier alpha value is -4.27. The molecule has 0 aliphatic heterocycles. The van der Waals surface area contributed by atoms with Crippen LogP contribution in [0.4, 0.5) is 19.6 Å². The Morgan fingerprint density at radius 3 is 2.54 bits per heavy atom. The SMILES string of the molecule is [C-]#[N+]c1cc(Oc2c(F)cc3c(ccn3S(=O)(=O)c3ccc(C)cc3)c2Cc2csc(N)n2)ccc1F. The van der Waals surface area contributed by atoms with E-state index in [1.165, 1.54) is 41.8 Å². The lowest BCUT2D eigenvalue weighted by Crippen LogP contribution is -2.12. The van der Waals surface area contributed by atoms with Crippen LogP contribution in [0.2, 0.25) is 0 Å². The van der Waals surface area contributed by atoms with Crippen molar-refractivity contribution in [3.05, 3.63) is 106 Å². The first-order chi connectivity index (χ1) is 17.7. The molecule has 11 heteroatoms. The number of hydrogen-bond donors (Lipinski definition) is 1. The summed E-state index contributed by atoms with van der Waals surface area (Å²) in [6.07, 6.45) is 1.44. The van der Waals surface area contributed by atoms with Crippen molar-refractivity contribution in [1.29, 1.82) is 0 Å². The van der Waals surface area contributed by atoms with Gasteiger partial charge in [-0.15, -0.1) is 11.3 Å². The number of rotatable bonds is 6. The number of thiazole rings is 1. The highest BCUT2D eigenvalue weighted by molar-refractivity contribution is 7.90. The van der Waals surface area contributed by atoms with Gasteiger partial charge in [0, 0.05) is 35.0 Å². The molecule has 37 heavy (non-hydrogen) atoms. The Balaban J connectivity index is 1.69. The second kappa shape index (κ2) is 9.31. The molecule has 0 saturated carbocycles. The molecular formula is C26H18F2N4O3S2. The molecule has 5 rings (SSSR count). The minimum atomic E-state index is -4.03. The Kier molecular flexibility index (Phi) is 6.15. The summed E-state index contributed by atoms with van der Waals surface area (Å²) in [6.45, 7) is 8.97. The number of hydrogen-bond acceptors (Lipinski definition) is 6. The van der Waals surface area contributed by atoms with Crippen LogP contribution in [0.5, 0.6) is 11.5 Å². The van der Waals surface area contributed by atoms with Gasteiger partial charge in [0.2, 0.25) is 5.69 Å². The van der Waals surface area contributed by atoms with Gasteiger partial charge in [0.05, 0.1) is 22.7 Å². The summed E-state index contributed by atoms with van der Waals surface area (Å²) in [7, 11) is -4.03. The molecule has 0 atom stereocenters. The predicted octanol–water partition coefficient (Wildman–Crippen LogP) is 6.44. The quantitative estimate of drug-likeness (QED) is 0.252. The molecule has 2 aromatic heterocycles. The van der Waals surface area contributed by atoms with Crippen LogP contribution in [0, 0.1) is 25.1 Å². The van der Waals surface area contributed by atoms with Crippen molar-refractivity contribution in [1.82, 2.24) is 8.96 Å². The van der Waals surface area contributed by atoms with Gasteiger partial charge in [-0.3, -0.25) is 0 Å². The van der Waals surface area contributed by atoms with Crippen LogP contribution in [-0.2, 0) is 16.4 Å². The Morgan fingerprint density at radius 1 is 1.11 bits per heavy atom. The summed E-state index contributed by atoms with van der Waals surface area (Å²) in [5.74, 6) is -1.70. The van der Waals surface area contributed by atoms with Gasteiger partial charge in [0.25, 0.3) is 10.0 Å². The molecule has 2 N–H and O–H groups in total. The second-order valence-electron chi connectivity index (χ2n) is 8.21. The van der Waals surface area contributed by atoms with Crippen molar-refractivity contribution in [2.24, 2.45) is 0 Å². The zero-order valence-electron chi connectivity index (χ0n) is 19.3. The van der Waals surface area contributed by atoms with Crippen LogP contribution in [-0.4, -0.2) is 17.4 Å². The van der Waals surface area contributed by atoms with Crippen molar-refractivity contribution in [3.63, 3.8) is 0 Å². The van der Waals surface area contributed by atoms with Gasteiger partial charge >= 0.3 is 0 Å². The molecule has 0 saturated heterocycles. The number of aromatic nitrogens is 2. The van der Waals surface area contributed by atoms with Crippen molar-refractivity contribution in [2.45, 2.75) is 18.2 Å². The Labute approximate surface area is 215 Å². The van der Waals surface area contributed by atoms with Crippen molar-refractivity contribution >= 4 is 43.1 Å². The van der Waals surface area contributed by atoms with E-state index in [1.54, 1.807) is 23.6 Å². The van der Waals surface area contributed by atoms with Gasteiger partial charge in [0.15, 0.2) is 16.7 Å². The number of nitrogens with zero attached hydrogens (tertiary/aromatic N) is 3. The summed E-state index contributed by atoms with van der Waals surface area (Å²) in [4.78, 5) is 7.41. The van der Waals surface area contributed by atoms with Gasteiger partial charge in [-0.2, -0.15) is 0 Å². The van der Waals surface area contributed by atoms with E-state index in [1.807, 2.05) is 6.92 Å². The molecule has 0 spiro atoms. The number of ether oxygens (including phenoxy) is 1. The maximum atomic E-state index is 15.6. The highest BCUT2D eigenvalue weighted by Gasteiger charge is 2.24. The van der Waals surface area contributed by atoms with E-state index in [4.69, 9.17) is 17.0 Å². The lowest BCUT2D eigenvalue weighted by molar-refractivity contribution is 0.438. The van der Waals surface area contributed by atoms with Crippen molar-refractivity contribution < 1.29 is 21.9 Å². The van der Waals surface area contributed by atoms with Crippen LogP contribution in [0.25, 0.3) is 15.7 Å². The predicted molar refractivity (Wildman–Crippen MR) is 138 cm³/mol. The first kappa shape index (κ1) is 24.4. The van der Waals surface area contributed by atoms with Gasteiger partial charge in [0.1, 0.15) is 11.6 Å². The van der Waals surface area contributed by atoms with E-state index in [2.05, 4.69) is 9.83 Å². The Bertz CT molecular complexity index is 1800. The molecule has 7 nitrogen and oxygen atoms in total. The average molecular weight is 537 g/mol. The van der Waals surface area contributed by atoms with Crippen LogP contribution in [0.1, 0.15) is 16.8 Å². The number of nitrogen functional groups attached to an aromatic ring is 1. The third-order valence-corrected chi connectivity index (χ3v) is 8.16. The lowest BCUT2D eigenvalue weighted by Gasteiger charge is -2.15. The third kappa shape index (κ3) is 4.52. The molecule has 186 valence electrons. The minimum Gasteiger partial charge on any atom is -0.455 e. The number of benzene rings is 3. The minimum absolute atomic E-state index is 0.0522. The maximum absolute atomic E-state index is 15.6. The monoisotopic (exact) mass is 536 g/mol. The molecule has 3 aromatic carbocycles. The van der Waals surface area contributed by atoms with Crippen molar-refractivity contribution in [2.75, 3.05) is 5.73 Å². The molecule has 2 heterocycles. The number of nitrogens with two attached hydrogens (primary N) is 1. The molecule has 0 fully saturated rings. The molecular weight excluding hydrogens is 518 g/mol. The molecule has 0 aliphatic rings. The second-order valence-corrected chi connectivity index (χ2v) is 10.9. The summed E-state index contributed by atoms with van der Waals surface area (Å²) in [5, 5.41) is 2.46. The molecule has 0 bridgehead atoms. The molecule has 0 aliphatic carbocycles. The summed E-state index contributed by atoms with van der Waals surface area (Å²) in [5.41, 5.74) is 7.38. The first-order valence-corrected chi connectivity index (χ1v) is 13.2. The highest BCUT2D eigenvalue weighted by atomic mass is 32.2. The molecule has 0 radical (unpaired) electrons. The van der Waals surface area contributed by atoms with E-state index < -0.39 is 21.7 Å². The number of aryl methyl sites for hydroxylation is 1.